The van der Waals surface area contributed by atoms with Crippen molar-refractivity contribution in [2.24, 2.45) is 14.1 Å². The second-order valence-electron chi connectivity index (χ2n) is 6.67. The molecule has 7 heteroatoms. The molecule has 0 bridgehead atoms. The van der Waals surface area contributed by atoms with Gasteiger partial charge in [0.2, 0.25) is 5.95 Å². The Morgan fingerprint density at radius 3 is 2.42 bits per heavy atom. The van der Waals surface area contributed by atoms with Gasteiger partial charge in [-0.25, -0.2) is 4.79 Å². The molecule has 1 N–H and O–H groups in total. The van der Waals surface area contributed by atoms with Crippen LogP contribution < -0.4 is 16.6 Å². The summed E-state index contributed by atoms with van der Waals surface area (Å²) in [6, 6.07) is 8.19. The molecule has 0 amide bonds. The van der Waals surface area contributed by atoms with E-state index in [4.69, 9.17) is 0 Å². The number of imidazole rings is 1. The lowest BCUT2D eigenvalue weighted by molar-refractivity contribution is 0.702. The summed E-state index contributed by atoms with van der Waals surface area (Å²) in [5.74, 6) is 0.618. The predicted molar refractivity (Wildman–Crippen MR) is 104 cm³/mol. The molecule has 0 fully saturated rings. The molecule has 0 saturated carbocycles. The SMILES string of the molecule is CCCCNc1nc2c(c(=O)n(C)c(=O)n2C)n1Cc1ccc(C)cc1. The van der Waals surface area contributed by atoms with E-state index < -0.39 is 0 Å². The minimum absolute atomic E-state index is 0.328. The summed E-state index contributed by atoms with van der Waals surface area (Å²) in [6.07, 6.45) is 2.07. The van der Waals surface area contributed by atoms with Crippen molar-refractivity contribution >= 4 is 17.1 Å². The monoisotopic (exact) mass is 355 g/mol. The minimum atomic E-state index is -0.373. The van der Waals surface area contributed by atoms with E-state index in [1.54, 1.807) is 7.05 Å². The zero-order valence-corrected chi connectivity index (χ0v) is 15.7. The molecule has 138 valence electrons. The van der Waals surface area contributed by atoms with Crippen LogP contribution in [0.3, 0.4) is 0 Å². The number of aryl methyl sites for hydroxylation is 2. The molecule has 7 nitrogen and oxygen atoms in total. The van der Waals surface area contributed by atoms with Crippen LogP contribution in [0.2, 0.25) is 0 Å². The summed E-state index contributed by atoms with van der Waals surface area (Å²) in [5, 5.41) is 3.32. The lowest BCUT2D eigenvalue weighted by Gasteiger charge is -2.11. The number of fused-ring (bicyclic) bond motifs is 1. The molecule has 0 spiro atoms. The molecule has 0 atom stereocenters. The normalized spacial score (nSPS) is 11.2. The van der Waals surface area contributed by atoms with E-state index in [0.717, 1.165) is 29.5 Å². The molecule has 3 aromatic rings. The average molecular weight is 355 g/mol. The van der Waals surface area contributed by atoms with Crippen molar-refractivity contribution in [3.05, 3.63) is 56.2 Å². The van der Waals surface area contributed by atoms with E-state index in [1.807, 2.05) is 35.8 Å². The van der Waals surface area contributed by atoms with Crippen molar-refractivity contribution in [3.63, 3.8) is 0 Å². The summed E-state index contributed by atoms with van der Waals surface area (Å²) in [7, 11) is 3.14. The summed E-state index contributed by atoms with van der Waals surface area (Å²) in [5.41, 5.74) is 2.40. The first-order valence-corrected chi connectivity index (χ1v) is 8.89. The van der Waals surface area contributed by atoms with Crippen LogP contribution in [0.4, 0.5) is 5.95 Å². The number of anilines is 1. The van der Waals surface area contributed by atoms with Gasteiger partial charge in [-0.3, -0.25) is 18.5 Å². The quantitative estimate of drug-likeness (QED) is 0.687. The summed E-state index contributed by atoms with van der Waals surface area (Å²) in [6.45, 7) is 5.44. The van der Waals surface area contributed by atoms with Gasteiger partial charge in [0.1, 0.15) is 0 Å². The molecule has 2 aromatic heterocycles. The van der Waals surface area contributed by atoms with Gasteiger partial charge in [-0.05, 0) is 18.9 Å². The molecule has 0 radical (unpaired) electrons. The van der Waals surface area contributed by atoms with Crippen molar-refractivity contribution in [3.8, 4) is 0 Å². The topological polar surface area (TPSA) is 73.8 Å². The van der Waals surface area contributed by atoms with Gasteiger partial charge in [0, 0.05) is 20.6 Å². The smallest absolute Gasteiger partial charge is 0.332 e. The zero-order valence-electron chi connectivity index (χ0n) is 15.7. The Morgan fingerprint density at radius 2 is 1.77 bits per heavy atom. The maximum absolute atomic E-state index is 12.8. The molecule has 2 heterocycles. The lowest BCUT2D eigenvalue weighted by atomic mass is 10.1. The Kier molecular flexibility index (Phi) is 4.97. The first kappa shape index (κ1) is 18.0. The summed E-state index contributed by atoms with van der Waals surface area (Å²) < 4.78 is 4.43. The van der Waals surface area contributed by atoms with Crippen LogP contribution in [0.15, 0.2) is 33.9 Å². The largest absolute Gasteiger partial charge is 0.356 e. The van der Waals surface area contributed by atoms with Crippen LogP contribution in [0.5, 0.6) is 0 Å². The predicted octanol–water partition coefficient (Wildman–Crippen LogP) is 2.00. The molecular weight excluding hydrogens is 330 g/mol. The van der Waals surface area contributed by atoms with Gasteiger partial charge in [0.05, 0.1) is 6.54 Å². The number of rotatable bonds is 6. The Labute approximate surface area is 151 Å². The molecule has 0 unspecified atom stereocenters. The Balaban J connectivity index is 2.19. The first-order valence-electron chi connectivity index (χ1n) is 8.89. The van der Waals surface area contributed by atoms with Crippen molar-refractivity contribution in [2.45, 2.75) is 33.2 Å². The number of nitrogens with one attached hydrogen (secondary N) is 1. The average Bonchev–Trinajstić information content (AvgIpc) is 2.99. The Bertz CT molecular complexity index is 1040. The van der Waals surface area contributed by atoms with Crippen LogP contribution in [0, 0.1) is 6.92 Å². The lowest BCUT2D eigenvalue weighted by Crippen LogP contribution is -2.37. The minimum Gasteiger partial charge on any atom is -0.356 e. The van der Waals surface area contributed by atoms with E-state index in [2.05, 4.69) is 17.2 Å². The third kappa shape index (κ3) is 3.16. The number of hydrogen-bond donors (Lipinski definition) is 1. The maximum atomic E-state index is 12.8. The van der Waals surface area contributed by atoms with Gasteiger partial charge >= 0.3 is 5.69 Å². The fourth-order valence-electron chi connectivity index (χ4n) is 2.99. The van der Waals surface area contributed by atoms with Crippen LogP contribution in [-0.2, 0) is 20.6 Å². The van der Waals surface area contributed by atoms with E-state index in [0.29, 0.717) is 23.7 Å². The zero-order chi connectivity index (χ0) is 18.8. The number of hydrogen-bond acceptors (Lipinski definition) is 4. The second-order valence-corrected chi connectivity index (χ2v) is 6.67. The fraction of sp³-hybridized carbons (Fsp3) is 0.421. The molecular formula is C19H25N5O2. The van der Waals surface area contributed by atoms with Crippen molar-refractivity contribution in [2.75, 3.05) is 11.9 Å². The first-order chi connectivity index (χ1) is 12.4. The third-order valence-electron chi connectivity index (χ3n) is 4.62. The van der Waals surface area contributed by atoms with Crippen molar-refractivity contribution in [1.82, 2.24) is 18.7 Å². The van der Waals surface area contributed by atoms with Crippen LogP contribution in [0.1, 0.15) is 30.9 Å². The second kappa shape index (κ2) is 7.19. The highest BCUT2D eigenvalue weighted by atomic mass is 16.2. The molecule has 3 rings (SSSR count). The van der Waals surface area contributed by atoms with Crippen molar-refractivity contribution in [1.29, 1.82) is 0 Å². The van der Waals surface area contributed by atoms with E-state index in [1.165, 1.54) is 17.2 Å². The molecule has 0 saturated heterocycles. The third-order valence-corrected chi connectivity index (χ3v) is 4.62. The highest BCUT2D eigenvalue weighted by Gasteiger charge is 2.19. The number of unbranched alkanes of at least 4 members (excludes halogenated alkanes) is 1. The highest BCUT2D eigenvalue weighted by Crippen LogP contribution is 2.18. The fourth-order valence-corrected chi connectivity index (χ4v) is 2.99. The molecule has 0 aliphatic carbocycles. The Morgan fingerprint density at radius 1 is 1.08 bits per heavy atom. The summed E-state index contributed by atoms with van der Waals surface area (Å²) in [4.78, 5) is 29.6. The summed E-state index contributed by atoms with van der Waals surface area (Å²) >= 11 is 0. The van der Waals surface area contributed by atoms with E-state index >= 15 is 0 Å². The maximum Gasteiger partial charge on any atom is 0.332 e. The van der Waals surface area contributed by atoms with Crippen LogP contribution >= 0.6 is 0 Å². The van der Waals surface area contributed by atoms with Gasteiger partial charge in [-0.15, -0.1) is 0 Å². The number of nitrogens with zero attached hydrogens (tertiary/aromatic N) is 4. The molecule has 0 aliphatic rings. The van der Waals surface area contributed by atoms with E-state index in [9.17, 15) is 9.59 Å². The standard InChI is InChI=1S/C19H25N5O2/c1-5-6-11-20-18-21-16-15(17(25)23(4)19(26)22(16)3)24(18)12-14-9-7-13(2)8-10-14/h7-10H,5-6,11-12H2,1-4H3,(H,20,21). The molecule has 26 heavy (non-hydrogen) atoms. The molecule has 0 aliphatic heterocycles. The van der Waals surface area contributed by atoms with Gasteiger partial charge in [0.15, 0.2) is 11.2 Å². The number of benzene rings is 1. The van der Waals surface area contributed by atoms with Gasteiger partial charge in [-0.1, -0.05) is 43.2 Å². The number of aromatic nitrogens is 4. The van der Waals surface area contributed by atoms with E-state index in [-0.39, 0.29) is 11.2 Å². The van der Waals surface area contributed by atoms with Gasteiger partial charge < -0.3 is 5.32 Å². The van der Waals surface area contributed by atoms with Gasteiger partial charge in [0.25, 0.3) is 5.56 Å². The van der Waals surface area contributed by atoms with Crippen LogP contribution in [0.25, 0.3) is 11.2 Å². The van der Waals surface area contributed by atoms with Gasteiger partial charge in [-0.2, -0.15) is 4.98 Å². The van der Waals surface area contributed by atoms with Crippen molar-refractivity contribution < 1.29 is 0 Å². The highest BCUT2D eigenvalue weighted by molar-refractivity contribution is 5.74. The molecule has 1 aromatic carbocycles. The Hall–Kier alpha value is -2.83. The van der Waals surface area contributed by atoms with Crippen LogP contribution in [-0.4, -0.2) is 25.2 Å².